The molecule has 0 amide bonds. The van der Waals surface area contributed by atoms with Gasteiger partial charge in [-0.2, -0.15) is 0 Å². The monoisotopic (exact) mass is 343 g/mol. The van der Waals surface area contributed by atoms with E-state index in [2.05, 4.69) is 10.3 Å². The number of aromatic nitrogens is 2. The lowest BCUT2D eigenvalue weighted by atomic mass is 10.1. The Kier molecular flexibility index (Phi) is 5.40. The minimum atomic E-state index is -0.287. The summed E-state index contributed by atoms with van der Waals surface area (Å²) in [6.45, 7) is 1.39. The molecule has 2 aromatic carbocycles. The van der Waals surface area contributed by atoms with E-state index >= 15 is 0 Å². The van der Waals surface area contributed by atoms with E-state index in [-0.39, 0.29) is 11.6 Å². The molecule has 1 aromatic heterocycles. The number of nitrogens with one attached hydrogen (secondary N) is 1. The van der Waals surface area contributed by atoms with E-state index in [1.165, 1.54) is 18.2 Å². The predicted octanol–water partition coefficient (Wildman–Crippen LogP) is 4.09. The van der Waals surface area contributed by atoms with Crippen molar-refractivity contribution in [3.63, 3.8) is 0 Å². The molecule has 4 nitrogen and oxygen atoms in total. The lowest BCUT2D eigenvalue weighted by Crippen LogP contribution is -2.12. The average molecular weight is 343 g/mol. The van der Waals surface area contributed by atoms with Crippen LogP contribution in [0.25, 0.3) is 11.3 Å². The van der Waals surface area contributed by atoms with Crippen molar-refractivity contribution in [1.82, 2.24) is 9.55 Å². The van der Waals surface area contributed by atoms with E-state index in [0.717, 1.165) is 11.3 Å². The number of hydrogen-bond acceptors (Lipinski definition) is 3. The Bertz CT molecular complexity index is 831. The highest BCUT2D eigenvalue weighted by atomic mass is 19.1. The first kappa shape index (κ1) is 17.1. The molecule has 0 fully saturated rings. The summed E-state index contributed by atoms with van der Waals surface area (Å²) in [5, 5.41) is 3.16. The minimum absolute atomic E-state index is 0.260. The molecule has 0 radical (unpaired) electrons. The first-order valence-electron chi connectivity index (χ1n) is 7.96. The fourth-order valence-corrected chi connectivity index (χ4v) is 2.59. The largest absolute Gasteiger partial charge is 0.383 e. The smallest absolute Gasteiger partial charge is 0.203 e. The van der Waals surface area contributed by atoms with Crippen molar-refractivity contribution in [2.45, 2.75) is 13.1 Å². The van der Waals surface area contributed by atoms with Crippen LogP contribution in [0.2, 0.25) is 0 Å². The van der Waals surface area contributed by atoms with Gasteiger partial charge in [0, 0.05) is 31.3 Å². The lowest BCUT2D eigenvalue weighted by molar-refractivity contribution is 0.188. The Morgan fingerprint density at radius 3 is 2.56 bits per heavy atom. The zero-order valence-corrected chi connectivity index (χ0v) is 13.9. The maximum atomic E-state index is 13.8. The number of ether oxygens (including phenoxy) is 1. The van der Waals surface area contributed by atoms with Gasteiger partial charge in [0.25, 0.3) is 0 Å². The Hall–Kier alpha value is -2.73. The zero-order valence-electron chi connectivity index (χ0n) is 13.9. The van der Waals surface area contributed by atoms with Gasteiger partial charge in [-0.3, -0.25) is 0 Å². The van der Waals surface area contributed by atoms with Crippen molar-refractivity contribution in [3.05, 3.63) is 71.9 Å². The van der Waals surface area contributed by atoms with Crippen molar-refractivity contribution in [2.24, 2.45) is 0 Å². The molecule has 3 rings (SSSR count). The summed E-state index contributed by atoms with van der Waals surface area (Å²) in [6, 6.07) is 12.8. The van der Waals surface area contributed by atoms with E-state index in [1.54, 1.807) is 43.6 Å². The standard InChI is InChI=1S/C19H19F2N3O/c1-25-11-10-24-18(14-6-8-16(20)9-7-14)13-23-19(24)22-12-15-4-2-3-5-17(15)21/h2-9,13H,10-12H2,1H3,(H,22,23). The minimum Gasteiger partial charge on any atom is -0.383 e. The molecule has 0 saturated heterocycles. The number of halogens is 2. The Balaban J connectivity index is 1.86. The van der Waals surface area contributed by atoms with Crippen molar-refractivity contribution in [3.8, 4) is 11.3 Å². The van der Waals surface area contributed by atoms with Gasteiger partial charge in [0.2, 0.25) is 5.95 Å². The first-order valence-corrected chi connectivity index (χ1v) is 7.96. The fourth-order valence-electron chi connectivity index (χ4n) is 2.59. The molecule has 25 heavy (non-hydrogen) atoms. The van der Waals surface area contributed by atoms with Gasteiger partial charge in [0.1, 0.15) is 11.6 Å². The second-order valence-electron chi connectivity index (χ2n) is 5.56. The summed E-state index contributed by atoms with van der Waals surface area (Å²) >= 11 is 0. The maximum Gasteiger partial charge on any atom is 0.203 e. The van der Waals surface area contributed by atoms with Crippen LogP contribution in [0.1, 0.15) is 5.56 Å². The third-order valence-corrected chi connectivity index (χ3v) is 3.91. The summed E-state index contributed by atoms with van der Waals surface area (Å²) in [5.41, 5.74) is 2.25. The molecule has 0 atom stereocenters. The summed E-state index contributed by atoms with van der Waals surface area (Å²) < 4.78 is 34.1. The predicted molar refractivity (Wildman–Crippen MR) is 93.2 cm³/mol. The summed E-state index contributed by atoms with van der Waals surface area (Å²) in [4.78, 5) is 4.39. The number of imidazole rings is 1. The van der Waals surface area contributed by atoms with E-state index < -0.39 is 0 Å². The van der Waals surface area contributed by atoms with Crippen LogP contribution < -0.4 is 5.32 Å². The summed E-state index contributed by atoms with van der Waals surface area (Å²) in [6.07, 6.45) is 1.71. The summed E-state index contributed by atoms with van der Waals surface area (Å²) in [7, 11) is 1.63. The highest BCUT2D eigenvalue weighted by Gasteiger charge is 2.12. The molecule has 130 valence electrons. The molecular formula is C19H19F2N3O. The highest BCUT2D eigenvalue weighted by molar-refractivity contribution is 5.61. The van der Waals surface area contributed by atoms with Crippen LogP contribution in [0.5, 0.6) is 0 Å². The quantitative estimate of drug-likeness (QED) is 0.702. The van der Waals surface area contributed by atoms with Gasteiger partial charge < -0.3 is 14.6 Å². The van der Waals surface area contributed by atoms with Crippen LogP contribution in [-0.4, -0.2) is 23.3 Å². The second kappa shape index (κ2) is 7.90. The molecule has 0 bridgehead atoms. The number of benzene rings is 2. The molecule has 0 aliphatic heterocycles. The molecule has 1 heterocycles. The summed E-state index contributed by atoms with van der Waals surface area (Å²) in [5.74, 6) is 0.0630. The van der Waals surface area contributed by atoms with Gasteiger partial charge in [0.15, 0.2) is 0 Å². The van der Waals surface area contributed by atoms with Crippen LogP contribution in [0.15, 0.2) is 54.7 Å². The molecular weight excluding hydrogens is 324 g/mol. The highest BCUT2D eigenvalue weighted by Crippen LogP contribution is 2.24. The molecule has 0 spiro atoms. The van der Waals surface area contributed by atoms with Gasteiger partial charge in [0.05, 0.1) is 18.5 Å². The first-order chi connectivity index (χ1) is 12.2. The zero-order chi connectivity index (χ0) is 17.6. The van der Waals surface area contributed by atoms with Crippen molar-refractivity contribution in [1.29, 1.82) is 0 Å². The number of anilines is 1. The van der Waals surface area contributed by atoms with Crippen LogP contribution in [0.3, 0.4) is 0 Å². The van der Waals surface area contributed by atoms with Crippen LogP contribution in [0.4, 0.5) is 14.7 Å². The molecule has 3 aromatic rings. The van der Waals surface area contributed by atoms with Gasteiger partial charge in [-0.15, -0.1) is 0 Å². The van der Waals surface area contributed by atoms with Gasteiger partial charge >= 0.3 is 0 Å². The average Bonchev–Trinajstić information content (AvgIpc) is 3.02. The fraction of sp³-hybridized carbons (Fsp3) is 0.211. The number of rotatable bonds is 7. The third-order valence-electron chi connectivity index (χ3n) is 3.91. The SMILES string of the molecule is COCCn1c(-c2ccc(F)cc2)cnc1NCc1ccccc1F. The van der Waals surface area contributed by atoms with Crippen molar-refractivity contribution < 1.29 is 13.5 Å². The molecule has 6 heteroatoms. The normalized spacial score (nSPS) is 10.8. The Morgan fingerprint density at radius 1 is 1.08 bits per heavy atom. The number of hydrogen-bond donors (Lipinski definition) is 1. The van der Waals surface area contributed by atoms with Gasteiger partial charge in [-0.1, -0.05) is 18.2 Å². The molecule has 0 aliphatic rings. The molecule has 0 aliphatic carbocycles. The topological polar surface area (TPSA) is 39.1 Å². The van der Waals surface area contributed by atoms with E-state index in [9.17, 15) is 8.78 Å². The molecule has 0 unspecified atom stereocenters. The van der Waals surface area contributed by atoms with Gasteiger partial charge in [-0.05, 0) is 30.3 Å². The van der Waals surface area contributed by atoms with Crippen molar-refractivity contribution >= 4 is 5.95 Å². The Labute approximate surface area is 145 Å². The third kappa shape index (κ3) is 4.03. The van der Waals surface area contributed by atoms with Crippen LogP contribution >= 0.6 is 0 Å². The lowest BCUT2D eigenvalue weighted by Gasteiger charge is -2.13. The Morgan fingerprint density at radius 2 is 1.84 bits per heavy atom. The maximum absolute atomic E-state index is 13.8. The molecule has 0 saturated carbocycles. The van der Waals surface area contributed by atoms with Crippen molar-refractivity contribution in [2.75, 3.05) is 19.0 Å². The van der Waals surface area contributed by atoms with Gasteiger partial charge in [-0.25, -0.2) is 13.8 Å². The number of methoxy groups -OCH3 is 1. The number of nitrogens with zero attached hydrogens (tertiary/aromatic N) is 2. The van der Waals surface area contributed by atoms with E-state index in [4.69, 9.17) is 4.74 Å². The van der Waals surface area contributed by atoms with E-state index in [0.29, 0.717) is 31.2 Å². The van der Waals surface area contributed by atoms with Crippen LogP contribution in [0, 0.1) is 11.6 Å². The second-order valence-corrected chi connectivity index (χ2v) is 5.56. The van der Waals surface area contributed by atoms with E-state index in [1.807, 2.05) is 4.57 Å². The molecule has 1 N–H and O–H groups in total. The van der Waals surface area contributed by atoms with Crippen LogP contribution in [-0.2, 0) is 17.8 Å².